The fraction of sp³-hybridized carbons (Fsp3) is 0.500. The number of carbonyl (C=O) groups is 2. The molecule has 0 radical (unpaired) electrons. The molecule has 1 aliphatic carbocycles. The largest absolute Gasteiger partial charge is 0.398 e. The lowest BCUT2D eigenvalue weighted by molar-refractivity contribution is -0.121. The van der Waals surface area contributed by atoms with Gasteiger partial charge in [0.2, 0.25) is 5.91 Å². The van der Waals surface area contributed by atoms with Crippen LogP contribution in [0.25, 0.3) is 0 Å². The third-order valence-electron chi connectivity index (χ3n) is 3.86. The number of benzene rings is 1. The van der Waals surface area contributed by atoms with Gasteiger partial charge in [0, 0.05) is 23.7 Å². The van der Waals surface area contributed by atoms with Crippen LogP contribution < -0.4 is 11.1 Å². The second-order valence-corrected chi connectivity index (χ2v) is 5.53. The summed E-state index contributed by atoms with van der Waals surface area (Å²) in [7, 11) is 0. The van der Waals surface area contributed by atoms with Gasteiger partial charge in [0.15, 0.2) is 5.78 Å². The van der Waals surface area contributed by atoms with E-state index in [1.165, 1.54) is 19.8 Å². The SMILES string of the molecule is CC(=O)c1ccc(CCC(=O)NC2CCCC2)cc1N. The zero-order valence-corrected chi connectivity index (χ0v) is 11.9. The first-order valence-corrected chi connectivity index (χ1v) is 7.25. The van der Waals surface area contributed by atoms with Crippen LogP contribution in [0.5, 0.6) is 0 Å². The van der Waals surface area contributed by atoms with Gasteiger partial charge >= 0.3 is 0 Å². The number of hydrogen-bond donors (Lipinski definition) is 2. The number of nitrogen functional groups attached to an aromatic ring is 1. The highest BCUT2D eigenvalue weighted by molar-refractivity contribution is 5.99. The number of carbonyl (C=O) groups excluding carboxylic acids is 2. The van der Waals surface area contributed by atoms with Crippen LogP contribution in [0.4, 0.5) is 5.69 Å². The number of anilines is 1. The lowest BCUT2D eigenvalue weighted by Gasteiger charge is -2.12. The molecule has 0 bridgehead atoms. The Balaban J connectivity index is 1.85. The normalized spacial score (nSPS) is 15.2. The van der Waals surface area contributed by atoms with Crippen LogP contribution in [0.15, 0.2) is 18.2 Å². The molecule has 0 aliphatic heterocycles. The van der Waals surface area contributed by atoms with Gasteiger partial charge in [0.1, 0.15) is 0 Å². The van der Waals surface area contributed by atoms with Crippen molar-refractivity contribution < 1.29 is 9.59 Å². The zero-order chi connectivity index (χ0) is 14.5. The van der Waals surface area contributed by atoms with Crippen LogP contribution in [0.3, 0.4) is 0 Å². The van der Waals surface area contributed by atoms with E-state index in [1.54, 1.807) is 12.1 Å². The predicted octanol–water partition coefficient (Wildman–Crippen LogP) is 2.46. The average molecular weight is 274 g/mol. The van der Waals surface area contributed by atoms with E-state index in [0.29, 0.717) is 30.1 Å². The highest BCUT2D eigenvalue weighted by Gasteiger charge is 2.16. The number of ketones is 1. The summed E-state index contributed by atoms with van der Waals surface area (Å²) < 4.78 is 0. The average Bonchev–Trinajstić information content (AvgIpc) is 2.89. The summed E-state index contributed by atoms with van der Waals surface area (Å²) in [5, 5.41) is 3.07. The van der Waals surface area contributed by atoms with E-state index in [0.717, 1.165) is 18.4 Å². The summed E-state index contributed by atoms with van der Waals surface area (Å²) in [6.45, 7) is 1.50. The maximum atomic E-state index is 11.8. The van der Waals surface area contributed by atoms with Gasteiger partial charge in [-0.1, -0.05) is 18.9 Å². The number of rotatable bonds is 5. The minimum absolute atomic E-state index is 0.0342. The molecule has 1 amide bonds. The Morgan fingerprint density at radius 2 is 2.00 bits per heavy atom. The monoisotopic (exact) mass is 274 g/mol. The van der Waals surface area contributed by atoms with Crippen molar-refractivity contribution in [3.05, 3.63) is 29.3 Å². The van der Waals surface area contributed by atoms with Crippen molar-refractivity contribution in [2.75, 3.05) is 5.73 Å². The van der Waals surface area contributed by atoms with E-state index in [2.05, 4.69) is 5.32 Å². The van der Waals surface area contributed by atoms with Crippen molar-refractivity contribution in [3.8, 4) is 0 Å². The Kier molecular flexibility index (Phi) is 4.77. The summed E-state index contributed by atoms with van der Waals surface area (Å²) in [6.07, 6.45) is 5.76. The van der Waals surface area contributed by atoms with Crippen LogP contribution in [0, 0.1) is 0 Å². The number of nitrogens with two attached hydrogens (primary N) is 1. The summed E-state index contributed by atoms with van der Waals surface area (Å²) in [6, 6.07) is 5.77. The maximum Gasteiger partial charge on any atom is 0.220 e. The lowest BCUT2D eigenvalue weighted by Crippen LogP contribution is -2.32. The molecule has 1 saturated carbocycles. The molecule has 0 saturated heterocycles. The lowest BCUT2D eigenvalue weighted by atomic mass is 10.0. The highest BCUT2D eigenvalue weighted by Crippen LogP contribution is 2.18. The molecule has 1 fully saturated rings. The molecule has 0 unspecified atom stereocenters. The molecule has 0 spiro atoms. The Bertz CT molecular complexity index is 505. The molecular formula is C16H22N2O2. The summed E-state index contributed by atoms with van der Waals surface area (Å²) in [4.78, 5) is 23.1. The van der Waals surface area contributed by atoms with Crippen LogP contribution in [-0.4, -0.2) is 17.7 Å². The van der Waals surface area contributed by atoms with E-state index in [9.17, 15) is 9.59 Å². The molecule has 0 heterocycles. The van der Waals surface area contributed by atoms with Gasteiger partial charge < -0.3 is 11.1 Å². The predicted molar refractivity (Wildman–Crippen MR) is 79.6 cm³/mol. The second-order valence-electron chi connectivity index (χ2n) is 5.53. The van der Waals surface area contributed by atoms with Gasteiger partial charge in [-0.25, -0.2) is 0 Å². The van der Waals surface area contributed by atoms with Crippen molar-refractivity contribution in [2.45, 2.75) is 51.5 Å². The van der Waals surface area contributed by atoms with Crippen LogP contribution in [0.2, 0.25) is 0 Å². The van der Waals surface area contributed by atoms with Gasteiger partial charge in [-0.15, -0.1) is 0 Å². The first-order chi connectivity index (χ1) is 9.56. The Morgan fingerprint density at radius 1 is 1.30 bits per heavy atom. The van der Waals surface area contributed by atoms with Crippen molar-refractivity contribution in [2.24, 2.45) is 0 Å². The highest BCUT2D eigenvalue weighted by atomic mass is 16.1. The number of hydrogen-bond acceptors (Lipinski definition) is 3. The van der Waals surface area contributed by atoms with Gasteiger partial charge in [0.05, 0.1) is 0 Å². The summed E-state index contributed by atoms with van der Waals surface area (Å²) >= 11 is 0. The van der Waals surface area contributed by atoms with Gasteiger partial charge in [-0.05, 0) is 43.9 Å². The Labute approximate surface area is 119 Å². The van der Waals surface area contributed by atoms with Crippen molar-refractivity contribution in [1.29, 1.82) is 0 Å². The molecule has 3 N–H and O–H groups in total. The molecule has 0 atom stereocenters. The first-order valence-electron chi connectivity index (χ1n) is 7.25. The number of nitrogens with one attached hydrogen (secondary N) is 1. The molecule has 20 heavy (non-hydrogen) atoms. The molecule has 0 aromatic heterocycles. The van der Waals surface area contributed by atoms with Crippen LogP contribution >= 0.6 is 0 Å². The molecule has 1 aromatic rings. The Morgan fingerprint density at radius 3 is 2.60 bits per heavy atom. The molecule has 4 nitrogen and oxygen atoms in total. The fourth-order valence-electron chi connectivity index (χ4n) is 2.72. The second kappa shape index (κ2) is 6.55. The van der Waals surface area contributed by atoms with E-state index in [-0.39, 0.29) is 11.7 Å². The van der Waals surface area contributed by atoms with Crippen LogP contribution in [0.1, 0.15) is 54.9 Å². The number of amides is 1. The number of aryl methyl sites for hydroxylation is 1. The van der Waals surface area contributed by atoms with Crippen molar-refractivity contribution in [3.63, 3.8) is 0 Å². The van der Waals surface area contributed by atoms with Crippen molar-refractivity contribution in [1.82, 2.24) is 5.32 Å². The molecule has 1 aromatic carbocycles. The zero-order valence-electron chi connectivity index (χ0n) is 11.9. The van der Waals surface area contributed by atoms with Gasteiger partial charge in [-0.3, -0.25) is 9.59 Å². The fourth-order valence-corrected chi connectivity index (χ4v) is 2.72. The topological polar surface area (TPSA) is 72.2 Å². The van der Waals surface area contributed by atoms with Crippen molar-refractivity contribution >= 4 is 17.4 Å². The minimum atomic E-state index is -0.0342. The smallest absolute Gasteiger partial charge is 0.220 e. The molecule has 1 aliphatic rings. The Hall–Kier alpha value is -1.84. The third kappa shape index (κ3) is 3.83. The number of Topliss-reactive ketones (excluding diaryl/α,β-unsaturated/α-hetero) is 1. The van der Waals surface area contributed by atoms with E-state index in [4.69, 9.17) is 5.73 Å². The minimum Gasteiger partial charge on any atom is -0.398 e. The summed E-state index contributed by atoms with van der Waals surface area (Å²) in [5.74, 6) is 0.0687. The molecular weight excluding hydrogens is 252 g/mol. The molecule has 108 valence electrons. The quantitative estimate of drug-likeness (QED) is 0.640. The maximum absolute atomic E-state index is 11.8. The molecule has 4 heteroatoms. The molecule has 2 rings (SSSR count). The first kappa shape index (κ1) is 14.6. The van der Waals surface area contributed by atoms with Gasteiger partial charge in [0.25, 0.3) is 0 Å². The third-order valence-corrected chi connectivity index (χ3v) is 3.86. The van der Waals surface area contributed by atoms with E-state index < -0.39 is 0 Å². The van der Waals surface area contributed by atoms with Gasteiger partial charge in [-0.2, -0.15) is 0 Å². The standard InChI is InChI=1S/C16H22N2O2/c1-11(19)14-8-6-12(10-15(14)17)7-9-16(20)18-13-4-2-3-5-13/h6,8,10,13H,2-5,7,9,17H2,1H3,(H,18,20). The van der Waals surface area contributed by atoms with E-state index >= 15 is 0 Å². The van der Waals surface area contributed by atoms with Crippen LogP contribution in [-0.2, 0) is 11.2 Å². The van der Waals surface area contributed by atoms with E-state index in [1.807, 2.05) is 6.07 Å². The summed E-state index contributed by atoms with van der Waals surface area (Å²) in [5.41, 5.74) is 7.87.